The molecule has 6 aliphatic rings. The summed E-state index contributed by atoms with van der Waals surface area (Å²) in [7, 11) is 0. The van der Waals surface area contributed by atoms with Gasteiger partial charge in [-0.25, -0.2) is 0 Å². The van der Waals surface area contributed by atoms with Gasteiger partial charge in [0.2, 0.25) is 0 Å². The van der Waals surface area contributed by atoms with Gasteiger partial charge in [-0.15, -0.1) is 0 Å². The summed E-state index contributed by atoms with van der Waals surface area (Å²) in [5.74, 6) is 0.577. The molecule has 0 aromatic heterocycles. The second kappa shape index (κ2) is 6.86. The molecule has 0 amide bonds. The monoisotopic (exact) mass is 490 g/mol. The minimum absolute atomic E-state index is 0.0267. The van der Waals surface area contributed by atoms with Crippen LogP contribution in [0.2, 0.25) is 0 Å². The zero-order valence-corrected chi connectivity index (χ0v) is 23.1. The molecule has 6 fully saturated rings. The summed E-state index contributed by atoms with van der Waals surface area (Å²) in [6, 6.07) is 0. The van der Waals surface area contributed by atoms with Gasteiger partial charge in [-0.3, -0.25) is 0 Å². The van der Waals surface area contributed by atoms with E-state index in [9.17, 15) is 20.4 Å². The SMILES string of the molecule is CC(C)(O)[C@@H]1CC[C@](C)([C@H]2[C@@H](O)C[C@@]3(C)[C@H]4C[C@H](O)C5C(C)(C)[C@@H](O)CC[C@@]56C[C@@]46CC[C@]23C)O1. The fraction of sp³-hybridized carbons (Fsp3) is 1.00. The highest BCUT2D eigenvalue weighted by Gasteiger charge is 2.84. The Balaban J connectivity index is 1.37. The molecule has 200 valence electrons. The Morgan fingerprint density at radius 1 is 0.771 bits per heavy atom. The molecule has 1 saturated heterocycles. The Hall–Kier alpha value is -0.200. The van der Waals surface area contributed by atoms with E-state index in [2.05, 4.69) is 34.6 Å². The maximum atomic E-state index is 11.7. The molecule has 6 rings (SSSR count). The van der Waals surface area contributed by atoms with E-state index >= 15 is 0 Å². The van der Waals surface area contributed by atoms with Gasteiger partial charge in [0.1, 0.15) is 0 Å². The number of aliphatic hydroxyl groups is 4. The van der Waals surface area contributed by atoms with Crippen LogP contribution in [0.15, 0.2) is 0 Å². The van der Waals surface area contributed by atoms with Crippen molar-refractivity contribution in [2.75, 3.05) is 0 Å². The largest absolute Gasteiger partial charge is 0.393 e. The first-order valence-electron chi connectivity index (χ1n) is 14.4. The highest BCUT2D eigenvalue weighted by molar-refractivity contribution is 5.33. The number of aliphatic hydroxyl groups excluding tert-OH is 3. The predicted octanol–water partition coefficient (Wildman–Crippen LogP) is 4.44. The van der Waals surface area contributed by atoms with Crippen LogP contribution < -0.4 is 0 Å². The lowest BCUT2D eigenvalue weighted by Crippen LogP contribution is -2.62. The van der Waals surface area contributed by atoms with Crippen LogP contribution in [0.4, 0.5) is 0 Å². The number of rotatable bonds is 2. The van der Waals surface area contributed by atoms with Crippen LogP contribution in [0.1, 0.15) is 106 Å². The average molecular weight is 491 g/mol. The van der Waals surface area contributed by atoms with E-state index in [1.54, 1.807) is 0 Å². The molecular formula is C30H50O5. The lowest BCUT2D eigenvalue weighted by atomic mass is 9.41. The topological polar surface area (TPSA) is 90.2 Å². The van der Waals surface area contributed by atoms with Crippen molar-refractivity contribution in [3.63, 3.8) is 0 Å². The molecule has 35 heavy (non-hydrogen) atoms. The van der Waals surface area contributed by atoms with Gasteiger partial charge in [0.25, 0.3) is 0 Å². The Morgan fingerprint density at radius 3 is 2.09 bits per heavy atom. The molecule has 5 heteroatoms. The standard InChI is InChI=1S/C30H50O5/c1-24(2)20(33)8-11-30-16-29(30)13-12-26(5)23(28(7)10-9-21(35-28)25(3,4)34)18(32)15-27(26,6)19(29)14-17(31)22(24)30/h17-23,31-34H,8-16H2,1-7H3/t17-,18-,19+,20-,21-,22?,23-,26+,27-,28+,29-,30+/m0/s1. The second-order valence-electron chi connectivity index (χ2n) is 15.9. The summed E-state index contributed by atoms with van der Waals surface area (Å²) in [4.78, 5) is 0. The van der Waals surface area contributed by atoms with E-state index in [0.29, 0.717) is 5.92 Å². The highest BCUT2D eigenvalue weighted by Crippen LogP contribution is 2.89. The second-order valence-corrected chi connectivity index (χ2v) is 15.9. The molecule has 0 radical (unpaired) electrons. The summed E-state index contributed by atoms with van der Waals surface area (Å²) in [5, 5.41) is 45.0. The highest BCUT2D eigenvalue weighted by atomic mass is 16.5. The summed E-state index contributed by atoms with van der Waals surface area (Å²) in [5.41, 5.74) is -1.35. The Morgan fingerprint density at radius 2 is 1.46 bits per heavy atom. The van der Waals surface area contributed by atoms with Crippen molar-refractivity contribution in [1.82, 2.24) is 0 Å². The summed E-state index contributed by atoms with van der Waals surface area (Å²) >= 11 is 0. The lowest BCUT2D eigenvalue weighted by molar-refractivity contribution is -0.213. The quantitative estimate of drug-likeness (QED) is 0.460. The van der Waals surface area contributed by atoms with Crippen molar-refractivity contribution in [3.05, 3.63) is 0 Å². The minimum Gasteiger partial charge on any atom is -0.393 e. The molecule has 5 saturated carbocycles. The molecule has 5 aliphatic carbocycles. The van der Waals surface area contributed by atoms with Gasteiger partial charge in [0.05, 0.1) is 35.6 Å². The number of hydrogen-bond acceptors (Lipinski definition) is 5. The van der Waals surface area contributed by atoms with Gasteiger partial charge in [0.15, 0.2) is 0 Å². The van der Waals surface area contributed by atoms with E-state index < -0.39 is 23.4 Å². The maximum absolute atomic E-state index is 11.7. The Bertz CT molecular complexity index is 911. The first-order valence-corrected chi connectivity index (χ1v) is 14.4. The lowest BCUT2D eigenvalue weighted by Gasteiger charge is -2.64. The van der Waals surface area contributed by atoms with Crippen molar-refractivity contribution in [2.24, 2.45) is 44.8 Å². The predicted molar refractivity (Wildman–Crippen MR) is 134 cm³/mol. The van der Waals surface area contributed by atoms with E-state index in [1.807, 2.05) is 13.8 Å². The van der Waals surface area contributed by atoms with E-state index in [4.69, 9.17) is 4.74 Å². The van der Waals surface area contributed by atoms with E-state index in [1.165, 1.54) is 6.42 Å². The maximum Gasteiger partial charge on any atom is 0.0865 e. The van der Waals surface area contributed by atoms with Crippen LogP contribution in [0.5, 0.6) is 0 Å². The third-order valence-corrected chi connectivity index (χ3v) is 13.8. The van der Waals surface area contributed by atoms with Crippen molar-refractivity contribution in [1.29, 1.82) is 0 Å². The molecule has 1 unspecified atom stereocenters. The zero-order chi connectivity index (χ0) is 25.6. The first kappa shape index (κ1) is 25.1. The normalized spacial score (nSPS) is 60.9. The van der Waals surface area contributed by atoms with Crippen LogP contribution in [0, 0.1) is 44.8 Å². The summed E-state index contributed by atoms with van der Waals surface area (Å²) in [6.07, 6.45) is 7.18. The molecule has 4 N–H and O–H groups in total. The van der Waals surface area contributed by atoms with Gasteiger partial charge < -0.3 is 25.2 Å². The van der Waals surface area contributed by atoms with Crippen LogP contribution in [0.25, 0.3) is 0 Å². The van der Waals surface area contributed by atoms with Crippen LogP contribution in [-0.2, 0) is 4.74 Å². The number of hydrogen-bond donors (Lipinski definition) is 4. The molecule has 0 bridgehead atoms. The molecule has 12 atom stereocenters. The molecule has 2 spiro atoms. The van der Waals surface area contributed by atoms with Crippen LogP contribution >= 0.6 is 0 Å². The van der Waals surface area contributed by atoms with Crippen molar-refractivity contribution >= 4 is 0 Å². The molecule has 1 heterocycles. The first-order chi connectivity index (χ1) is 16.0. The van der Waals surface area contributed by atoms with Crippen molar-refractivity contribution in [3.8, 4) is 0 Å². The van der Waals surface area contributed by atoms with Crippen LogP contribution in [0.3, 0.4) is 0 Å². The van der Waals surface area contributed by atoms with Crippen LogP contribution in [-0.4, -0.2) is 56.0 Å². The summed E-state index contributed by atoms with van der Waals surface area (Å²) in [6.45, 7) is 15.0. The number of ether oxygens (including phenoxy) is 1. The Labute approximate surface area is 212 Å². The minimum atomic E-state index is -0.886. The van der Waals surface area contributed by atoms with Gasteiger partial charge in [-0.1, -0.05) is 27.7 Å². The fourth-order valence-electron chi connectivity index (χ4n) is 12.1. The molecule has 0 aromatic rings. The molecule has 0 aromatic carbocycles. The van der Waals surface area contributed by atoms with Gasteiger partial charge in [-0.2, -0.15) is 0 Å². The van der Waals surface area contributed by atoms with E-state index in [-0.39, 0.29) is 51.1 Å². The summed E-state index contributed by atoms with van der Waals surface area (Å²) < 4.78 is 6.66. The third-order valence-electron chi connectivity index (χ3n) is 13.8. The average Bonchev–Trinajstić information content (AvgIpc) is 3.08. The van der Waals surface area contributed by atoms with Crippen molar-refractivity contribution < 1.29 is 25.2 Å². The van der Waals surface area contributed by atoms with Gasteiger partial charge in [-0.05, 0) is 117 Å². The zero-order valence-electron chi connectivity index (χ0n) is 23.1. The Kier molecular flexibility index (Phi) is 4.92. The molecular weight excluding hydrogens is 440 g/mol. The molecule has 1 aliphatic heterocycles. The van der Waals surface area contributed by atoms with Crippen molar-refractivity contribution in [2.45, 2.75) is 142 Å². The smallest absolute Gasteiger partial charge is 0.0865 e. The van der Waals surface area contributed by atoms with Gasteiger partial charge in [0, 0.05) is 5.92 Å². The third kappa shape index (κ3) is 2.78. The van der Waals surface area contributed by atoms with E-state index in [0.717, 1.165) is 51.4 Å². The fourth-order valence-corrected chi connectivity index (χ4v) is 12.1. The number of fused-ring (bicyclic) bond motifs is 2. The van der Waals surface area contributed by atoms with Gasteiger partial charge >= 0.3 is 0 Å². The molecule has 5 nitrogen and oxygen atoms in total.